The number of amides is 2. The monoisotopic (exact) mass is 529 g/mol. The Balaban J connectivity index is 1.18. The molecule has 0 bridgehead atoms. The summed E-state index contributed by atoms with van der Waals surface area (Å²) in [5, 5.41) is 0. The SMILES string of the molecule is O=C(Cc1ccc(Oc2ccnc3cc(-c4ccc(CN5C(=O)CCC5=O)cn4)sc23)c(F)c1)CC1CC1. The molecule has 1 aliphatic heterocycles. The van der Waals surface area contributed by atoms with Crippen LogP contribution in [-0.4, -0.2) is 32.5 Å². The number of thiophene rings is 1. The fraction of sp³-hybridized carbons (Fsp3) is 0.276. The molecule has 0 unspecified atom stereocenters. The average Bonchev–Trinajstić information content (AvgIpc) is 3.51. The second-order valence-electron chi connectivity index (χ2n) is 9.79. The van der Waals surface area contributed by atoms with Crippen LogP contribution in [0.5, 0.6) is 11.5 Å². The normalized spacial score (nSPS) is 15.4. The Labute approximate surface area is 222 Å². The Kier molecular flexibility index (Phi) is 6.45. The minimum absolute atomic E-state index is 0.0827. The van der Waals surface area contributed by atoms with Crippen LogP contribution in [0.15, 0.2) is 54.9 Å². The van der Waals surface area contributed by atoms with E-state index in [-0.39, 0.29) is 49.2 Å². The van der Waals surface area contributed by atoms with Crippen molar-refractivity contribution in [3.05, 3.63) is 71.8 Å². The van der Waals surface area contributed by atoms with Gasteiger partial charge in [-0.15, -0.1) is 11.3 Å². The Morgan fingerprint density at radius 2 is 1.79 bits per heavy atom. The lowest BCUT2D eigenvalue weighted by Crippen LogP contribution is -2.28. The van der Waals surface area contributed by atoms with Crippen LogP contribution in [0.4, 0.5) is 4.39 Å². The van der Waals surface area contributed by atoms with Crippen LogP contribution in [0, 0.1) is 11.7 Å². The zero-order valence-electron chi connectivity index (χ0n) is 20.5. The van der Waals surface area contributed by atoms with Gasteiger partial charge in [-0.3, -0.25) is 29.3 Å². The molecular formula is C29H24FN3O4S. The van der Waals surface area contributed by atoms with Crippen LogP contribution >= 0.6 is 11.3 Å². The third-order valence-electron chi connectivity index (χ3n) is 6.78. The van der Waals surface area contributed by atoms with Crippen molar-refractivity contribution in [2.45, 2.75) is 45.1 Å². The number of rotatable bonds is 9. The molecule has 2 fully saturated rings. The van der Waals surface area contributed by atoms with E-state index in [1.54, 1.807) is 30.6 Å². The van der Waals surface area contributed by atoms with Crippen molar-refractivity contribution in [3.63, 3.8) is 0 Å². The van der Waals surface area contributed by atoms with Gasteiger partial charge in [-0.05, 0) is 54.2 Å². The highest BCUT2D eigenvalue weighted by atomic mass is 32.1. The first kappa shape index (κ1) is 24.4. The van der Waals surface area contributed by atoms with Crippen molar-refractivity contribution in [1.82, 2.24) is 14.9 Å². The topological polar surface area (TPSA) is 89.5 Å². The first-order chi connectivity index (χ1) is 18.4. The van der Waals surface area contributed by atoms with Gasteiger partial charge in [-0.1, -0.05) is 12.1 Å². The first-order valence-corrected chi connectivity index (χ1v) is 13.4. The number of Topliss-reactive ketones (excluding diaryl/α,β-unsaturated/α-hetero) is 1. The number of carbonyl (C=O) groups excluding carboxylic acids is 3. The first-order valence-electron chi connectivity index (χ1n) is 12.6. The van der Waals surface area contributed by atoms with Gasteiger partial charge in [-0.25, -0.2) is 4.39 Å². The molecule has 1 aromatic carbocycles. The van der Waals surface area contributed by atoms with Crippen molar-refractivity contribution in [3.8, 4) is 22.1 Å². The maximum absolute atomic E-state index is 14.9. The van der Waals surface area contributed by atoms with E-state index in [2.05, 4.69) is 9.97 Å². The second kappa shape index (κ2) is 10.1. The predicted molar refractivity (Wildman–Crippen MR) is 140 cm³/mol. The van der Waals surface area contributed by atoms with Crippen LogP contribution in [-0.2, 0) is 27.3 Å². The van der Waals surface area contributed by atoms with Crippen LogP contribution in [0.1, 0.15) is 43.2 Å². The number of nitrogens with zero attached hydrogens (tertiary/aromatic N) is 3. The van der Waals surface area contributed by atoms with Crippen molar-refractivity contribution in [2.24, 2.45) is 5.92 Å². The number of fused-ring (bicyclic) bond motifs is 1. The average molecular weight is 530 g/mol. The molecule has 38 heavy (non-hydrogen) atoms. The summed E-state index contributed by atoms with van der Waals surface area (Å²) in [7, 11) is 0. The summed E-state index contributed by atoms with van der Waals surface area (Å²) in [4.78, 5) is 47.0. The number of hydrogen-bond donors (Lipinski definition) is 0. The van der Waals surface area contributed by atoms with Gasteiger partial charge >= 0.3 is 0 Å². The van der Waals surface area contributed by atoms with Gasteiger partial charge in [0.2, 0.25) is 11.8 Å². The zero-order chi connectivity index (χ0) is 26.2. The van der Waals surface area contributed by atoms with Gasteiger partial charge < -0.3 is 4.74 Å². The number of halogens is 1. The van der Waals surface area contributed by atoms with Crippen LogP contribution in [0.25, 0.3) is 20.8 Å². The van der Waals surface area contributed by atoms with Crippen LogP contribution in [0.2, 0.25) is 0 Å². The third-order valence-corrected chi connectivity index (χ3v) is 7.94. The van der Waals surface area contributed by atoms with Crippen molar-refractivity contribution in [2.75, 3.05) is 0 Å². The Bertz CT molecular complexity index is 1550. The molecule has 0 N–H and O–H groups in total. The van der Waals surface area contributed by atoms with E-state index in [0.29, 0.717) is 34.9 Å². The number of aromatic nitrogens is 2. The van der Waals surface area contributed by atoms with E-state index >= 15 is 0 Å². The molecule has 1 saturated carbocycles. The summed E-state index contributed by atoms with van der Waals surface area (Å²) in [6, 6.07) is 11.9. The minimum Gasteiger partial charge on any atom is -0.453 e. The smallest absolute Gasteiger partial charge is 0.229 e. The highest BCUT2D eigenvalue weighted by Gasteiger charge is 2.29. The molecule has 1 aliphatic carbocycles. The molecule has 2 amide bonds. The number of hydrogen-bond acceptors (Lipinski definition) is 7. The maximum atomic E-state index is 14.9. The molecular weight excluding hydrogens is 505 g/mol. The molecule has 4 aromatic rings. The van der Waals surface area contributed by atoms with Gasteiger partial charge in [0.05, 0.1) is 27.3 Å². The van der Waals surface area contributed by atoms with E-state index in [1.165, 1.54) is 22.3 Å². The second-order valence-corrected chi connectivity index (χ2v) is 10.8. The summed E-state index contributed by atoms with van der Waals surface area (Å²) >= 11 is 1.43. The molecule has 7 nitrogen and oxygen atoms in total. The predicted octanol–water partition coefficient (Wildman–Crippen LogP) is 5.85. The number of ether oxygens (including phenoxy) is 1. The summed E-state index contributed by atoms with van der Waals surface area (Å²) in [5.74, 6) is 0.382. The number of likely N-dealkylation sites (tertiary alicyclic amines) is 1. The highest BCUT2D eigenvalue weighted by molar-refractivity contribution is 7.22. The van der Waals surface area contributed by atoms with Crippen molar-refractivity contribution < 1.29 is 23.5 Å². The summed E-state index contributed by atoms with van der Waals surface area (Å²) in [6.07, 6.45) is 6.83. The standard InChI is InChI=1S/C29H24FN3O4S/c30-21-13-18(12-20(34)11-17-1-2-17)4-6-24(21)37-25-9-10-31-23-14-26(38-29(23)25)22-5-3-19(15-32-22)16-33-27(35)7-8-28(33)36/h3-6,9-10,13-15,17H,1-2,7-8,11-12,16H2. The summed E-state index contributed by atoms with van der Waals surface area (Å²) < 4.78 is 21.6. The number of imide groups is 1. The number of benzene rings is 1. The Morgan fingerprint density at radius 1 is 1.00 bits per heavy atom. The van der Waals surface area contributed by atoms with Crippen LogP contribution < -0.4 is 4.74 Å². The molecule has 1 saturated heterocycles. The lowest BCUT2D eigenvalue weighted by atomic mass is 10.0. The number of carbonyl (C=O) groups is 3. The zero-order valence-corrected chi connectivity index (χ0v) is 21.3. The molecule has 0 spiro atoms. The van der Waals surface area contributed by atoms with Crippen LogP contribution in [0.3, 0.4) is 0 Å². The lowest BCUT2D eigenvalue weighted by molar-refractivity contribution is -0.139. The van der Waals surface area contributed by atoms with Gasteiger partial charge in [0, 0.05) is 44.1 Å². The van der Waals surface area contributed by atoms with Gasteiger partial charge in [-0.2, -0.15) is 0 Å². The molecule has 192 valence electrons. The maximum Gasteiger partial charge on any atom is 0.229 e. The van der Waals surface area contributed by atoms with Gasteiger partial charge in [0.1, 0.15) is 11.5 Å². The van der Waals surface area contributed by atoms with E-state index < -0.39 is 5.82 Å². The van der Waals surface area contributed by atoms with Crippen molar-refractivity contribution >= 4 is 39.2 Å². The van der Waals surface area contributed by atoms with Gasteiger partial charge in [0.15, 0.2) is 11.6 Å². The number of ketones is 1. The molecule has 9 heteroatoms. The minimum atomic E-state index is -0.518. The van der Waals surface area contributed by atoms with Gasteiger partial charge in [0.25, 0.3) is 0 Å². The Morgan fingerprint density at radius 3 is 2.50 bits per heavy atom. The summed E-state index contributed by atoms with van der Waals surface area (Å²) in [5.41, 5.74) is 2.83. The molecule has 0 atom stereocenters. The molecule has 6 rings (SSSR count). The van der Waals surface area contributed by atoms with E-state index in [4.69, 9.17) is 4.74 Å². The quantitative estimate of drug-likeness (QED) is 0.253. The molecule has 0 radical (unpaired) electrons. The van der Waals surface area contributed by atoms with E-state index in [1.807, 2.05) is 18.2 Å². The number of pyridine rings is 2. The molecule has 2 aliphatic rings. The van der Waals surface area contributed by atoms with Crippen molar-refractivity contribution in [1.29, 1.82) is 0 Å². The fourth-order valence-corrected chi connectivity index (χ4v) is 5.61. The summed E-state index contributed by atoms with van der Waals surface area (Å²) in [6.45, 7) is 0.218. The lowest BCUT2D eigenvalue weighted by Gasteiger charge is -2.13. The highest BCUT2D eigenvalue weighted by Crippen LogP contribution is 2.39. The fourth-order valence-electron chi connectivity index (χ4n) is 4.57. The largest absolute Gasteiger partial charge is 0.453 e. The van der Waals surface area contributed by atoms with E-state index in [0.717, 1.165) is 28.0 Å². The van der Waals surface area contributed by atoms with E-state index in [9.17, 15) is 18.8 Å². The third kappa shape index (κ3) is 5.19. The molecule has 4 heterocycles. The molecule has 3 aromatic heterocycles. The Hall–Kier alpha value is -3.98.